The summed E-state index contributed by atoms with van der Waals surface area (Å²) in [6.45, 7) is 1.65. The lowest BCUT2D eigenvalue weighted by atomic mass is 10.1. The third kappa shape index (κ3) is 3.17. The monoisotopic (exact) mass is 301 g/mol. The second kappa shape index (κ2) is 6.27. The van der Waals surface area contributed by atoms with Gasteiger partial charge in [-0.15, -0.1) is 0 Å². The zero-order valence-electron chi connectivity index (χ0n) is 12.6. The molecule has 1 aromatic carbocycles. The number of pyridine rings is 1. The lowest BCUT2D eigenvalue weighted by Gasteiger charge is -2.28. The Morgan fingerprint density at radius 2 is 2.23 bits per heavy atom. The van der Waals surface area contributed by atoms with Gasteiger partial charge in [-0.3, -0.25) is 10.1 Å². The number of hydrogen-bond donors (Lipinski definition) is 0. The summed E-state index contributed by atoms with van der Waals surface area (Å²) in [4.78, 5) is 17.1. The summed E-state index contributed by atoms with van der Waals surface area (Å²) in [6.07, 6.45) is 3.71. The lowest BCUT2D eigenvalue weighted by Crippen LogP contribution is -2.33. The molecule has 1 aromatic heterocycles. The highest BCUT2D eigenvalue weighted by atomic mass is 16.6. The van der Waals surface area contributed by atoms with E-state index in [0.717, 1.165) is 42.7 Å². The third-order valence-electron chi connectivity index (χ3n) is 4.01. The van der Waals surface area contributed by atoms with Gasteiger partial charge < -0.3 is 9.64 Å². The van der Waals surface area contributed by atoms with Crippen LogP contribution in [0.4, 0.5) is 11.5 Å². The van der Waals surface area contributed by atoms with Crippen molar-refractivity contribution < 1.29 is 9.66 Å². The summed E-state index contributed by atoms with van der Waals surface area (Å²) in [5.41, 5.74) is 0.852. The highest BCUT2D eigenvalue weighted by Gasteiger charge is 2.17. The van der Waals surface area contributed by atoms with E-state index in [2.05, 4.69) is 9.88 Å². The van der Waals surface area contributed by atoms with Crippen molar-refractivity contribution in [3.8, 4) is 0 Å². The normalized spacial score (nSPS) is 18.3. The Morgan fingerprint density at radius 1 is 1.36 bits per heavy atom. The van der Waals surface area contributed by atoms with Gasteiger partial charge >= 0.3 is 0 Å². The number of aromatic nitrogens is 1. The van der Waals surface area contributed by atoms with Crippen molar-refractivity contribution in [1.29, 1.82) is 0 Å². The largest absolute Gasteiger partial charge is 0.376 e. The van der Waals surface area contributed by atoms with Crippen LogP contribution in [0, 0.1) is 10.1 Å². The van der Waals surface area contributed by atoms with Crippen LogP contribution in [0.1, 0.15) is 19.3 Å². The molecule has 0 bridgehead atoms. The minimum Gasteiger partial charge on any atom is -0.376 e. The molecule has 1 unspecified atom stereocenters. The number of benzene rings is 1. The van der Waals surface area contributed by atoms with Crippen LogP contribution in [0.15, 0.2) is 30.3 Å². The molecule has 0 radical (unpaired) electrons. The molecule has 0 amide bonds. The van der Waals surface area contributed by atoms with E-state index in [4.69, 9.17) is 4.74 Å². The first-order valence-corrected chi connectivity index (χ1v) is 7.51. The van der Waals surface area contributed by atoms with Crippen molar-refractivity contribution in [2.45, 2.75) is 25.4 Å². The van der Waals surface area contributed by atoms with E-state index >= 15 is 0 Å². The standard InChI is InChI=1S/C16H19N3O3/c1-18(11-14-4-2-3-9-22-14)16-8-5-12-10-13(19(20)21)6-7-15(12)17-16/h5-8,10,14H,2-4,9,11H2,1H3. The molecule has 1 aliphatic rings. The fourth-order valence-electron chi connectivity index (χ4n) is 2.78. The zero-order chi connectivity index (χ0) is 15.5. The molecule has 116 valence electrons. The van der Waals surface area contributed by atoms with E-state index in [1.807, 2.05) is 19.2 Å². The SMILES string of the molecule is CN(CC1CCCCO1)c1ccc2cc([N+](=O)[O-])ccc2n1. The molecule has 2 heterocycles. The van der Waals surface area contributed by atoms with Crippen LogP contribution in [0.5, 0.6) is 0 Å². The highest BCUT2D eigenvalue weighted by Crippen LogP contribution is 2.23. The van der Waals surface area contributed by atoms with Crippen molar-refractivity contribution in [2.75, 3.05) is 25.1 Å². The van der Waals surface area contributed by atoms with E-state index in [9.17, 15) is 10.1 Å². The van der Waals surface area contributed by atoms with Crippen LogP contribution in [-0.2, 0) is 4.74 Å². The Kier molecular flexibility index (Phi) is 4.20. The van der Waals surface area contributed by atoms with E-state index in [0.29, 0.717) is 0 Å². The van der Waals surface area contributed by atoms with Gasteiger partial charge in [-0.05, 0) is 37.5 Å². The van der Waals surface area contributed by atoms with Gasteiger partial charge in [0.25, 0.3) is 5.69 Å². The van der Waals surface area contributed by atoms with Crippen LogP contribution < -0.4 is 4.90 Å². The summed E-state index contributed by atoms with van der Waals surface area (Å²) in [5, 5.41) is 11.6. The molecule has 1 saturated heterocycles. The van der Waals surface area contributed by atoms with Gasteiger partial charge in [-0.1, -0.05) is 0 Å². The van der Waals surface area contributed by atoms with Crippen molar-refractivity contribution in [1.82, 2.24) is 4.98 Å². The fourth-order valence-corrected chi connectivity index (χ4v) is 2.78. The molecule has 1 atom stereocenters. The van der Waals surface area contributed by atoms with Crippen LogP contribution >= 0.6 is 0 Å². The fraction of sp³-hybridized carbons (Fsp3) is 0.438. The number of rotatable bonds is 4. The van der Waals surface area contributed by atoms with Crippen LogP contribution in [0.2, 0.25) is 0 Å². The number of anilines is 1. The topological polar surface area (TPSA) is 68.5 Å². The average molecular weight is 301 g/mol. The predicted octanol–water partition coefficient (Wildman–Crippen LogP) is 3.15. The van der Waals surface area contributed by atoms with E-state index in [1.165, 1.54) is 12.5 Å². The Labute approximate surface area is 128 Å². The van der Waals surface area contributed by atoms with Crippen molar-refractivity contribution in [2.24, 2.45) is 0 Å². The molecule has 1 fully saturated rings. The first-order chi connectivity index (χ1) is 10.6. The summed E-state index contributed by atoms with van der Waals surface area (Å²) in [6, 6.07) is 8.51. The molecular weight excluding hydrogens is 282 g/mol. The van der Waals surface area contributed by atoms with Crippen LogP contribution in [-0.4, -0.2) is 36.2 Å². The molecule has 6 nitrogen and oxygen atoms in total. The number of fused-ring (bicyclic) bond motifs is 1. The number of nitro groups is 1. The quantitative estimate of drug-likeness (QED) is 0.641. The van der Waals surface area contributed by atoms with E-state index in [1.54, 1.807) is 12.1 Å². The molecule has 0 aliphatic carbocycles. The lowest BCUT2D eigenvalue weighted by molar-refractivity contribution is -0.384. The summed E-state index contributed by atoms with van der Waals surface area (Å²) in [7, 11) is 2.00. The molecule has 6 heteroatoms. The Hall–Kier alpha value is -2.21. The zero-order valence-corrected chi connectivity index (χ0v) is 12.6. The van der Waals surface area contributed by atoms with Gasteiger partial charge in [0.1, 0.15) is 5.82 Å². The highest BCUT2D eigenvalue weighted by molar-refractivity contribution is 5.82. The van der Waals surface area contributed by atoms with Gasteiger partial charge in [-0.25, -0.2) is 4.98 Å². The third-order valence-corrected chi connectivity index (χ3v) is 4.01. The van der Waals surface area contributed by atoms with Gasteiger partial charge in [0.05, 0.1) is 16.5 Å². The minimum atomic E-state index is -0.389. The van der Waals surface area contributed by atoms with Gasteiger partial charge in [0.15, 0.2) is 0 Å². The maximum absolute atomic E-state index is 10.8. The maximum atomic E-state index is 10.8. The van der Waals surface area contributed by atoms with Crippen LogP contribution in [0.3, 0.4) is 0 Å². The molecule has 0 N–H and O–H groups in total. The molecular formula is C16H19N3O3. The van der Waals surface area contributed by atoms with Gasteiger partial charge in [0, 0.05) is 37.7 Å². The van der Waals surface area contributed by atoms with E-state index < -0.39 is 0 Å². The summed E-state index contributed by atoms with van der Waals surface area (Å²) in [5.74, 6) is 0.857. The second-order valence-electron chi connectivity index (χ2n) is 5.67. The van der Waals surface area contributed by atoms with Crippen molar-refractivity contribution in [3.05, 3.63) is 40.4 Å². The Bertz CT molecular complexity index is 683. The first kappa shape index (κ1) is 14.7. The Morgan fingerprint density at radius 3 is 2.95 bits per heavy atom. The number of ether oxygens (including phenoxy) is 1. The molecule has 0 spiro atoms. The Balaban J connectivity index is 1.78. The molecule has 2 aromatic rings. The van der Waals surface area contributed by atoms with Crippen molar-refractivity contribution in [3.63, 3.8) is 0 Å². The van der Waals surface area contributed by atoms with Crippen molar-refractivity contribution >= 4 is 22.4 Å². The van der Waals surface area contributed by atoms with Gasteiger partial charge in [0.2, 0.25) is 0 Å². The number of nitro benzene ring substituents is 1. The summed E-state index contributed by atoms with van der Waals surface area (Å²) >= 11 is 0. The number of nitrogens with zero attached hydrogens (tertiary/aromatic N) is 3. The maximum Gasteiger partial charge on any atom is 0.270 e. The second-order valence-corrected chi connectivity index (χ2v) is 5.67. The predicted molar refractivity (Wildman–Crippen MR) is 85.3 cm³/mol. The van der Waals surface area contributed by atoms with Gasteiger partial charge in [-0.2, -0.15) is 0 Å². The van der Waals surface area contributed by atoms with Crippen LogP contribution in [0.25, 0.3) is 10.9 Å². The van der Waals surface area contributed by atoms with E-state index in [-0.39, 0.29) is 16.7 Å². The number of likely N-dealkylation sites (N-methyl/N-ethyl adjacent to an activating group) is 1. The number of non-ortho nitro benzene ring substituents is 1. The average Bonchev–Trinajstić information content (AvgIpc) is 2.54. The minimum absolute atomic E-state index is 0.0889. The molecule has 1 aliphatic heterocycles. The first-order valence-electron chi connectivity index (χ1n) is 7.51. The smallest absolute Gasteiger partial charge is 0.270 e. The number of hydrogen-bond acceptors (Lipinski definition) is 5. The molecule has 3 rings (SSSR count). The molecule has 22 heavy (non-hydrogen) atoms. The summed E-state index contributed by atoms with van der Waals surface area (Å²) < 4.78 is 5.76. The molecule has 0 saturated carbocycles.